The molecule has 1 amide bonds. The minimum atomic E-state index is -0.255. The van der Waals surface area contributed by atoms with Crippen LogP contribution < -0.4 is 11.1 Å². The van der Waals surface area contributed by atoms with Crippen molar-refractivity contribution in [2.24, 2.45) is 5.73 Å². The van der Waals surface area contributed by atoms with Gasteiger partial charge in [-0.3, -0.25) is 9.69 Å². The van der Waals surface area contributed by atoms with Gasteiger partial charge in [-0.25, -0.2) is 0 Å². The van der Waals surface area contributed by atoms with Crippen molar-refractivity contribution in [2.75, 3.05) is 19.6 Å². The summed E-state index contributed by atoms with van der Waals surface area (Å²) >= 11 is 1.87. The van der Waals surface area contributed by atoms with Crippen molar-refractivity contribution in [3.8, 4) is 0 Å². The van der Waals surface area contributed by atoms with Gasteiger partial charge in [-0.2, -0.15) is 0 Å². The van der Waals surface area contributed by atoms with Crippen LogP contribution in [-0.2, 0) is 17.8 Å². The number of thiophene rings is 1. The number of hydrogen-bond acceptors (Lipinski definition) is 4. The van der Waals surface area contributed by atoms with Gasteiger partial charge >= 0.3 is 0 Å². The summed E-state index contributed by atoms with van der Waals surface area (Å²) in [5.74, 6) is -0.255. The molecule has 23 heavy (non-hydrogen) atoms. The Bertz CT molecular complexity index is 641. The molecule has 1 aromatic heterocycles. The van der Waals surface area contributed by atoms with Gasteiger partial charge in [0.05, 0.1) is 0 Å². The Balaban J connectivity index is 1.69. The van der Waals surface area contributed by atoms with Crippen LogP contribution in [0.1, 0.15) is 28.5 Å². The number of carbonyl (C=O) groups is 1. The van der Waals surface area contributed by atoms with E-state index in [1.807, 2.05) is 17.4 Å². The zero-order valence-electron chi connectivity index (χ0n) is 13.2. The lowest BCUT2D eigenvalue weighted by Crippen LogP contribution is -2.39. The van der Waals surface area contributed by atoms with E-state index in [9.17, 15) is 4.79 Å². The Labute approximate surface area is 141 Å². The molecule has 0 spiro atoms. The van der Waals surface area contributed by atoms with E-state index in [0.717, 1.165) is 26.1 Å². The van der Waals surface area contributed by atoms with E-state index >= 15 is 0 Å². The summed E-state index contributed by atoms with van der Waals surface area (Å²) in [6.45, 7) is 3.54. The lowest BCUT2D eigenvalue weighted by molar-refractivity contribution is -0.117. The van der Waals surface area contributed by atoms with E-state index in [1.165, 1.54) is 16.0 Å². The van der Waals surface area contributed by atoms with Crippen LogP contribution in [0.15, 0.2) is 41.8 Å². The predicted octanol–water partition coefficient (Wildman–Crippen LogP) is 2.31. The molecule has 0 saturated heterocycles. The number of nitrogens with two attached hydrogens (primary N) is 1. The van der Waals surface area contributed by atoms with E-state index in [0.29, 0.717) is 19.0 Å². The Morgan fingerprint density at radius 2 is 2.13 bits per heavy atom. The summed E-state index contributed by atoms with van der Waals surface area (Å²) < 4.78 is 0. The first kappa shape index (κ1) is 16.2. The van der Waals surface area contributed by atoms with E-state index < -0.39 is 0 Å². The van der Waals surface area contributed by atoms with Crippen LogP contribution in [0.25, 0.3) is 0 Å². The van der Waals surface area contributed by atoms with Crippen molar-refractivity contribution in [1.82, 2.24) is 10.2 Å². The highest BCUT2D eigenvalue weighted by Gasteiger charge is 2.25. The molecule has 5 heteroatoms. The van der Waals surface area contributed by atoms with Gasteiger partial charge in [-0.05, 0) is 29.0 Å². The molecule has 0 aliphatic carbocycles. The van der Waals surface area contributed by atoms with E-state index in [4.69, 9.17) is 5.73 Å². The monoisotopic (exact) mass is 329 g/mol. The highest BCUT2D eigenvalue weighted by Crippen LogP contribution is 2.30. The fourth-order valence-corrected chi connectivity index (χ4v) is 4.01. The van der Waals surface area contributed by atoms with Gasteiger partial charge in [0, 0.05) is 43.5 Å². The molecule has 1 aromatic carbocycles. The summed E-state index contributed by atoms with van der Waals surface area (Å²) in [5.41, 5.74) is 7.99. The number of amides is 1. The Morgan fingerprint density at radius 1 is 1.30 bits per heavy atom. The van der Waals surface area contributed by atoms with Gasteiger partial charge in [-0.15, -0.1) is 11.3 Å². The van der Waals surface area contributed by atoms with Crippen molar-refractivity contribution in [3.05, 3.63) is 57.8 Å². The maximum absolute atomic E-state index is 10.9. The molecule has 122 valence electrons. The summed E-state index contributed by atoms with van der Waals surface area (Å²) in [6, 6.07) is 13.2. The molecular formula is C18H23N3OS. The third kappa shape index (κ3) is 4.19. The molecule has 1 atom stereocenters. The average molecular weight is 329 g/mol. The van der Waals surface area contributed by atoms with Crippen LogP contribution in [0.2, 0.25) is 0 Å². The lowest BCUT2D eigenvalue weighted by Gasteiger charge is -2.35. The molecule has 0 bridgehead atoms. The fraction of sp³-hybridized carbons (Fsp3) is 0.389. The number of hydrogen-bond donors (Lipinski definition) is 2. The van der Waals surface area contributed by atoms with Gasteiger partial charge in [0.1, 0.15) is 0 Å². The Kier molecular flexibility index (Phi) is 5.43. The van der Waals surface area contributed by atoms with Crippen LogP contribution in [0.3, 0.4) is 0 Å². The van der Waals surface area contributed by atoms with Crippen LogP contribution in [0.5, 0.6) is 0 Å². The fourth-order valence-electron chi connectivity index (χ4n) is 3.12. The third-order valence-corrected chi connectivity index (χ3v) is 5.37. The SMILES string of the molecule is NC(=O)CCNC[C@H](c1ccccc1)N1CCc2sccc2C1. The van der Waals surface area contributed by atoms with E-state index in [-0.39, 0.29) is 5.91 Å². The Morgan fingerprint density at radius 3 is 2.91 bits per heavy atom. The van der Waals surface area contributed by atoms with Gasteiger partial charge in [-0.1, -0.05) is 30.3 Å². The maximum Gasteiger partial charge on any atom is 0.218 e. The van der Waals surface area contributed by atoms with Crippen LogP contribution in [0.4, 0.5) is 0 Å². The molecular weight excluding hydrogens is 306 g/mol. The van der Waals surface area contributed by atoms with E-state index in [2.05, 4.69) is 45.9 Å². The average Bonchev–Trinajstić information content (AvgIpc) is 3.03. The summed E-state index contributed by atoms with van der Waals surface area (Å²) in [5, 5.41) is 5.58. The molecule has 0 saturated carbocycles. The first-order valence-corrected chi connectivity index (χ1v) is 8.95. The summed E-state index contributed by atoms with van der Waals surface area (Å²) in [7, 11) is 0. The molecule has 0 radical (unpaired) electrons. The number of rotatable bonds is 7. The topological polar surface area (TPSA) is 58.4 Å². The van der Waals surface area contributed by atoms with Crippen molar-refractivity contribution in [3.63, 3.8) is 0 Å². The first-order chi connectivity index (χ1) is 11.2. The molecule has 0 unspecified atom stereocenters. The number of nitrogens with one attached hydrogen (secondary N) is 1. The zero-order valence-corrected chi connectivity index (χ0v) is 14.0. The molecule has 3 N–H and O–H groups in total. The number of nitrogens with zero attached hydrogens (tertiary/aromatic N) is 1. The second-order valence-corrected chi connectivity index (χ2v) is 6.94. The summed E-state index contributed by atoms with van der Waals surface area (Å²) in [4.78, 5) is 14.9. The molecule has 3 rings (SSSR count). The van der Waals surface area contributed by atoms with Gasteiger partial charge in [0.15, 0.2) is 0 Å². The van der Waals surface area contributed by atoms with Crippen LogP contribution >= 0.6 is 11.3 Å². The third-order valence-electron chi connectivity index (χ3n) is 4.35. The second-order valence-electron chi connectivity index (χ2n) is 5.94. The second kappa shape index (κ2) is 7.73. The lowest BCUT2D eigenvalue weighted by atomic mass is 10.0. The number of fused-ring (bicyclic) bond motifs is 1. The number of carbonyl (C=O) groups excluding carboxylic acids is 1. The highest BCUT2D eigenvalue weighted by atomic mass is 32.1. The highest BCUT2D eigenvalue weighted by molar-refractivity contribution is 7.10. The maximum atomic E-state index is 10.9. The number of primary amides is 1. The molecule has 1 aliphatic heterocycles. The molecule has 2 heterocycles. The zero-order chi connectivity index (χ0) is 16.1. The largest absolute Gasteiger partial charge is 0.370 e. The quantitative estimate of drug-likeness (QED) is 0.767. The van der Waals surface area contributed by atoms with Gasteiger partial charge in [0.2, 0.25) is 5.91 Å². The normalized spacial score (nSPS) is 16.0. The predicted molar refractivity (Wildman–Crippen MR) is 94.3 cm³/mol. The molecule has 2 aromatic rings. The van der Waals surface area contributed by atoms with Crippen molar-refractivity contribution < 1.29 is 4.79 Å². The van der Waals surface area contributed by atoms with Crippen molar-refractivity contribution >= 4 is 17.2 Å². The van der Waals surface area contributed by atoms with Crippen LogP contribution in [-0.4, -0.2) is 30.4 Å². The minimum Gasteiger partial charge on any atom is -0.370 e. The standard InChI is InChI=1S/C18H23N3OS/c19-18(22)6-9-20-12-16(14-4-2-1-3-5-14)21-10-7-17-15(13-21)8-11-23-17/h1-5,8,11,16,20H,6-7,9-10,12-13H2,(H2,19,22)/t16-/m1/s1. The van der Waals surface area contributed by atoms with Gasteiger partial charge < -0.3 is 11.1 Å². The first-order valence-electron chi connectivity index (χ1n) is 8.07. The smallest absolute Gasteiger partial charge is 0.218 e. The van der Waals surface area contributed by atoms with E-state index in [1.54, 1.807) is 0 Å². The Hall–Kier alpha value is -1.69. The molecule has 0 fully saturated rings. The molecule has 1 aliphatic rings. The van der Waals surface area contributed by atoms with Crippen molar-refractivity contribution in [2.45, 2.75) is 25.4 Å². The van der Waals surface area contributed by atoms with Crippen LogP contribution in [0, 0.1) is 0 Å². The number of benzene rings is 1. The molecule has 4 nitrogen and oxygen atoms in total. The minimum absolute atomic E-state index is 0.255. The summed E-state index contributed by atoms with van der Waals surface area (Å²) in [6.07, 6.45) is 1.51. The van der Waals surface area contributed by atoms with Crippen molar-refractivity contribution in [1.29, 1.82) is 0 Å². The van der Waals surface area contributed by atoms with Gasteiger partial charge in [0.25, 0.3) is 0 Å².